The van der Waals surface area contributed by atoms with Crippen molar-refractivity contribution in [3.63, 3.8) is 0 Å². The number of ether oxygens (including phenoxy) is 1. The van der Waals surface area contributed by atoms with Crippen molar-refractivity contribution in [1.29, 1.82) is 0 Å². The molecule has 2 rings (SSSR count). The zero-order chi connectivity index (χ0) is 10.7. The summed E-state index contributed by atoms with van der Waals surface area (Å²) >= 11 is 0. The molecule has 3 atom stereocenters. The molecule has 3 heteroatoms. The van der Waals surface area contributed by atoms with Gasteiger partial charge in [0.25, 0.3) is 0 Å². The number of fused-ring (bicyclic) bond motifs is 1. The van der Waals surface area contributed by atoms with E-state index in [-0.39, 0.29) is 0 Å². The van der Waals surface area contributed by atoms with Crippen LogP contribution in [0.25, 0.3) is 0 Å². The van der Waals surface area contributed by atoms with Gasteiger partial charge in [0.1, 0.15) is 0 Å². The molecule has 88 valence electrons. The third kappa shape index (κ3) is 2.52. The van der Waals surface area contributed by atoms with Gasteiger partial charge in [-0.3, -0.25) is 4.90 Å². The average Bonchev–Trinajstić information content (AvgIpc) is 2.81. The van der Waals surface area contributed by atoms with Gasteiger partial charge in [-0.25, -0.2) is 0 Å². The van der Waals surface area contributed by atoms with Crippen LogP contribution >= 0.6 is 0 Å². The van der Waals surface area contributed by atoms with Crippen molar-refractivity contribution in [2.24, 2.45) is 0 Å². The molecule has 2 aliphatic heterocycles. The molecule has 2 aliphatic rings. The van der Waals surface area contributed by atoms with E-state index in [9.17, 15) is 0 Å². The average molecular weight is 212 g/mol. The molecule has 0 aromatic carbocycles. The van der Waals surface area contributed by atoms with Crippen LogP contribution in [0.2, 0.25) is 0 Å². The molecule has 3 nitrogen and oxygen atoms in total. The summed E-state index contributed by atoms with van der Waals surface area (Å²) < 4.78 is 5.24. The van der Waals surface area contributed by atoms with Crippen LogP contribution in [0.3, 0.4) is 0 Å². The minimum absolute atomic E-state index is 0.542. The Morgan fingerprint density at radius 2 is 2.27 bits per heavy atom. The first-order chi connectivity index (χ1) is 7.35. The molecule has 2 fully saturated rings. The summed E-state index contributed by atoms with van der Waals surface area (Å²) in [6, 6.07) is 2.07. The van der Waals surface area contributed by atoms with Crippen molar-refractivity contribution in [3.8, 4) is 0 Å². The van der Waals surface area contributed by atoms with E-state index in [4.69, 9.17) is 4.74 Å². The maximum Gasteiger partial charge on any atom is 0.0615 e. The van der Waals surface area contributed by atoms with Gasteiger partial charge in [-0.15, -0.1) is 0 Å². The summed E-state index contributed by atoms with van der Waals surface area (Å²) in [6.45, 7) is 5.70. The number of methoxy groups -OCH3 is 1. The molecule has 0 aliphatic carbocycles. The first-order valence-corrected chi connectivity index (χ1v) is 6.34. The van der Waals surface area contributed by atoms with E-state index in [0.29, 0.717) is 12.1 Å². The van der Waals surface area contributed by atoms with E-state index >= 15 is 0 Å². The number of rotatable bonds is 5. The molecule has 0 amide bonds. The van der Waals surface area contributed by atoms with Gasteiger partial charge < -0.3 is 10.1 Å². The second-order valence-electron chi connectivity index (χ2n) is 4.87. The fraction of sp³-hybridized carbons (Fsp3) is 1.00. The molecule has 3 unspecified atom stereocenters. The van der Waals surface area contributed by atoms with E-state index < -0.39 is 0 Å². The molecule has 2 heterocycles. The largest absolute Gasteiger partial charge is 0.383 e. The SMILES string of the molecule is CCC(COC)NC1CCN2CCCC12. The number of nitrogens with zero attached hydrogens (tertiary/aromatic N) is 1. The minimum atomic E-state index is 0.542. The minimum Gasteiger partial charge on any atom is -0.383 e. The Hall–Kier alpha value is -0.120. The smallest absolute Gasteiger partial charge is 0.0615 e. The Kier molecular flexibility index (Phi) is 4.00. The highest BCUT2D eigenvalue weighted by Crippen LogP contribution is 2.28. The van der Waals surface area contributed by atoms with Crippen molar-refractivity contribution < 1.29 is 4.74 Å². The topological polar surface area (TPSA) is 24.5 Å². The molecule has 0 spiro atoms. The van der Waals surface area contributed by atoms with Crippen molar-refractivity contribution in [1.82, 2.24) is 10.2 Å². The van der Waals surface area contributed by atoms with Crippen LogP contribution in [0, 0.1) is 0 Å². The lowest BCUT2D eigenvalue weighted by atomic mass is 10.0. The predicted octanol–water partition coefficient (Wildman–Crippen LogP) is 1.24. The van der Waals surface area contributed by atoms with Gasteiger partial charge in [0.15, 0.2) is 0 Å². The van der Waals surface area contributed by atoms with Crippen LogP contribution in [0.4, 0.5) is 0 Å². The van der Waals surface area contributed by atoms with Crippen LogP contribution in [-0.4, -0.2) is 49.8 Å². The van der Waals surface area contributed by atoms with Crippen molar-refractivity contribution in [2.45, 2.75) is 50.7 Å². The Morgan fingerprint density at radius 1 is 1.40 bits per heavy atom. The van der Waals surface area contributed by atoms with E-state index in [1.807, 2.05) is 0 Å². The van der Waals surface area contributed by atoms with E-state index in [0.717, 1.165) is 19.1 Å². The predicted molar refractivity (Wildman–Crippen MR) is 62.1 cm³/mol. The van der Waals surface area contributed by atoms with Gasteiger partial charge in [0.2, 0.25) is 0 Å². The summed E-state index contributed by atoms with van der Waals surface area (Å²) in [5, 5.41) is 3.77. The van der Waals surface area contributed by atoms with Crippen LogP contribution in [0.1, 0.15) is 32.6 Å². The normalized spacial score (nSPS) is 33.2. The second kappa shape index (κ2) is 5.28. The fourth-order valence-electron chi connectivity index (χ4n) is 3.06. The Morgan fingerprint density at radius 3 is 3.00 bits per heavy atom. The standard InChI is InChI=1S/C12H24N2O/c1-3-10(9-15-2)13-11-6-8-14-7-4-5-12(11)14/h10-13H,3-9H2,1-2H3. The summed E-state index contributed by atoms with van der Waals surface area (Å²) in [6.07, 6.45) is 5.27. The molecule has 0 aromatic rings. The molecule has 2 saturated heterocycles. The highest BCUT2D eigenvalue weighted by atomic mass is 16.5. The highest BCUT2D eigenvalue weighted by molar-refractivity contribution is 4.96. The molecule has 15 heavy (non-hydrogen) atoms. The maximum atomic E-state index is 5.24. The lowest BCUT2D eigenvalue weighted by Gasteiger charge is -2.26. The first kappa shape index (κ1) is 11.4. The summed E-state index contributed by atoms with van der Waals surface area (Å²) in [7, 11) is 1.79. The zero-order valence-corrected chi connectivity index (χ0v) is 10.0. The number of hydrogen-bond donors (Lipinski definition) is 1. The van der Waals surface area contributed by atoms with Crippen LogP contribution in [0.5, 0.6) is 0 Å². The Labute approximate surface area is 93.2 Å². The van der Waals surface area contributed by atoms with Gasteiger partial charge in [-0.1, -0.05) is 6.92 Å². The summed E-state index contributed by atoms with van der Waals surface area (Å²) in [5.41, 5.74) is 0. The van der Waals surface area contributed by atoms with Crippen LogP contribution in [0.15, 0.2) is 0 Å². The Bertz CT molecular complexity index is 198. The van der Waals surface area contributed by atoms with Crippen molar-refractivity contribution in [2.75, 3.05) is 26.8 Å². The summed E-state index contributed by atoms with van der Waals surface area (Å²) in [4.78, 5) is 2.65. The third-order valence-electron chi connectivity index (χ3n) is 3.92. The van der Waals surface area contributed by atoms with Gasteiger partial charge in [-0.05, 0) is 32.2 Å². The Balaban J connectivity index is 1.83. The second-order valence-corrected chi connectivity index (χ2v) is 4.87. The molecule has 0 aromatic heterocycles. The van der Waals surface area contributed by atoms with Gasteiger partial charge in [-0.2, -0.15) is 0 Å². The van der Waals surface area contributed by atoms with Gasteiger partial charge in [0.05, 0.1) is 6.61 Å². The highest BCUT2D eigenvalue weighted by Gasteiger charge is 2.37. The molecule has 1 N–H and O–H groups in total. The van der Waals surface area contributed by atoms with E-state index in [2.05, 4.69) is 17.1 Å². The summed E-state index contributed by atoms with van der Waals surface area (Å²) in [5.74, 6) is 0. The van der Waals surface area contributed by atoms with Gasteiger partial charge >= 0.3 is 0 Å². The molecule has 0 saturated carbocycles. The number of nitrogens with one attached hydrogen (secondary N) is 1. The lowest BCUT2D eigenvalue weighted by molar-refractivity contribution is 0.154. The van der Waals surface area contributed by atoms with Gasteiger partial charge in [0, 0.05) is 31.8 Å². The molecular weight excluding hydrogens is 188 g/mol. The fourth-order valence-corrected chi connectivity index (χ4v) is 3.06. The van der Waals surface area contributed by atoms with Crippen LogP contribution in [-0.2, 0) is 4.74 Å². The number of hydrogen-bond acceptors (Lipinski definition) is 3. The zero-order valence-electron chi connectivity index (χ0n) is 10.0. The maximum absolute atomic E-state index is 5.24. The monoisotopic (exact) mass is 212 g/mol. The van der Waals surface area contributed by atoms with Crippen LogP contribution < -0.4 is 5.32 Å². The quantitative estimate of drug-likeness (QED) is 0.742. The molecular formula is C12H24N2O. The lowest BCUT2D eigenvalue weighted by Crippen LogP contribution is -2.46. The molecule has 0 bridgehead atoms. The van der Waals surface area contributed by atoms with E-state index in [1.165, 1.54) is 32.4 Å². The molecule has 0 radical (unpaired) electrons. The first-order valence-electron chi connectivity index (χ1n) is 6.34. The van der Waals surface area contributed by atoms with Crippen molar-refractivity contribution >= 4 is 0 Å². The van der Waals surface area contributed by atoms with Crippen molar-refractivity contribution in [3.05, 3.63) is 0 Å². The van der Waals surface area contributed by atoms with E-state index in [1.54, 1.807) is 7.11 Å². The third-order valence-corrected chi connectivity index (χ3v) is 3.92.